The van der Waals surface area contributed by atoms with Crippen LogP contribution in [-0.4, -0.2) is 17.6 Å². The summed E-state index contributed by atoms with van der Waals surface area (Å²) in [5.41, 5.74) is 5.38. The van der Waals surface area contributed by atoms with Gasteiger partial charge in [-0.15, -0.1) is 0 Å². The fourth-order valence-electron chi connectivity index (χ4n) is 1.07. The van der Waals surface area contributed by atoms with Gasteiger partial charge in [-0.3, -0.25) is 4.98 Å². The van der Waals surface area contributed by atoms with E-state index in [9.17, 15) is 4.79 Å². The summed E-state index contributed by atoms with van der Waals surface area (Å²) < 4.78 is 4.87. The maximum Gasteiger partial charge on any atom is 0.330 e. The molecule has 0 fully saturated rings. The number of carbonyl (C=O) groups is 1. The summed E-state index contributed by atoms with van der Waals surface area (Å²) in [6.45, 7) is 3.69. The smallest absolute Gasteiger partial charge is 0.330 e. The van der Waals surface area contributed by atoms with Crippen molar-refractivity contribution < 1.29 is 9.53 Å². The van der Waals surface area contributed by atoms with Crippen LogP contribution >= 0.6 is 0 Å². The van der Waals surface area contributed by atoms with Gasteiger partial charge in [-0.1, -0.05) is 6.07 Å². The molecule has 4 nitrogen and oxygen atoms in total. The molecule has 0 spiro atoms. The van der Waals surface area contributed by atoms with Crippen LogP contribution in [-0.2, 0) is 15.1 Å². The van der Waals surface area contributed by atoms with E-state index in [1.165, 1.54) is 0 Å². The Bertz CT molecular complexity index is 309. The quantitative estimate of drug-likeness (QED) is 0.723. The Kier molecular flexibility index (Phi) is 3.19. The zero-order valence-electron chi connectivity index (χ0n) is 8.36. The molecule has 0 aliphatic rings. The molecular formula is C10H14N2O2. The first-order valence-electron chi connectivity index (χ1n) is 4.45. The molecule has 76 valence electrons. The Morgan fingerprint density at radius 2 is 2.43 bits per heavy atom. The van der Waals surface area contributed by atoms with Crippen molar-refractivity contribution in [2.75, 3.05) is 6.61 Å². The van der Waals surface area contributed by atoms with Crippen LogP contribution in [0.1, 0.15) is 19.4 Å². The fourth-order valence-corrected chi connectivity index (χ4v) is 1.07. The molecule has 0 radical (unpaired) electrons. The Morgan fingerprint density at radius 1 is 1.71 bits per heavy atom. The van der Waals surface area contributed by atoms with Crippen LogP contribution in [0.15, 0.2) is 24.5 Å². The Hall–Kier alpha value is -1.42. The van der Waals surface area contributed by atoms with Gasteiger partial charge < -0.3 is 10.5 Å². The third-order valence-electron chi connectivity index (χ3n) is 1.96. The van der Waals surface area contributed by atoms with Gasteiger partial charge in [0, 0.05) is 18.0 Å². The Morgan fingerprint density at radius 3 is 2.93 bits per heavy atom. The van der Waals surface area contributed by atoms with E-state index in [0.29, 0.717) is 12.2 Å². The third-order valence-corrected chi connectivity index (χ3v) is 1.96. The minimum atomic E-state index is -1.12. The average Bonchev–Trinajstić information content (AvgIpc) is 2.19. The molecule has 4 heteroatoms. The first-order chi connectivity index (χ1) is 6.59. The predicted octanol–water partition coefficient (Wildman–Crippen LogP) is 0.819. The van der Waals surface area contributed by atoms with Crippen LogP contribution in [0.3, 0.4) is 0 Å². The maximum atomic E-state index is 11.5. The van der Waals surface area contributed by atoms with Gasteiger partial charge in [0.1, 0.15) is 5.54 Å². The minimum Gasteiger partial charge on any atom is -0.464 e. The zero-order valence-corrected chi connectivity index (χ0v) is 8.36. The van der Waals surface area contributed by atoms with Crippen LogP contribution in [0, 0.1) is 0 Å². The van der Waals surface area contributed by atoms with Gasteiger partial charge in [-0.2, -0.15) is 0 Å². The van der Waals surface area contributed by atoms with Crippen molar-refractivity contribution in [1.29, 1.82) is 0 Å². The number of pyridine rings is 1. The van der Waals surface area contributed by atoms with Crippen LogP contribution < -0.4 is 5.73 Å². The molecule has 0 saturated heterocycles. The molecule has 1 aromatic rings. The lowest BCUT2D eigenvalue weighted by Crippen LogP contribution is -2.43. The van der Waals surface area contributed by atoms with Crippen LogP contribution in [0.4, 0.5) is 0 Å². The second kappa shape index (κ2) is 4.19. The second-order valence-electron chi connectivity index (χ2n) is 3.16. The average molecular weight is 194 g/mol. The largest absolute Gasteiger partial charge is 0.464 e. The van der Waals surface area contributed by atoms with E-state index in [-0.39, 0.29) is 0 Å². The topological polar surface area (TPSA) is 65.2 Å². The second-order valence-corrected chi connectivity index (χ2v) is 3.16. The highest BCUT2D eigenvalue weighted by molar-refractivity contribution is 5.81. The summed E-state index contributed by atoms with van der Waals surface area (Å²) >= 11 is 0. The standard InChI is InChI=1S/C10H14N2O2/c1-3-14-9(13)10(2,11)8-5-4-6-12-7-8/h4-7H,3,11H2,1-2H3/t10-/m0/s1. The van der Waals surface area contributed by atoms with Crippen LogP contribution in [0.5, 0.6) is 0 Å². The molecule has 14 heavy (non-hydrogen) atoms. The number of esters is 1. The van der Waals surface area contributed by atoms with Crippen molar-refractivity contribution in [3.8, 4) is 0 Å². The molecule has 1 rings (SSSR count). The van der Waals surface area contributed by atoms with Gasteiger partial charge in [0.25, 0.3) is 0 Å². The maximum absolute atomic E-state index is 11.5. The van der Waals surface area contributed by atoms with Gasteiger partial charge in [-0.25, -0.2) is 4.79 Å². The van der Waals surface area contributed by atoms with Crippen molar-refractivity contribution in [1.82, 2.24) is 4.98 Å². The number of aromatic nitrogens is 1. The molecule has 0 amide bonds. The zero-order chi connectivity index (χ0) is 10.6. The number of hydrogen-bond acceptors (Lipinski definition) is 4. The molecule has 1 atom stereocenters. The Balaban J connectivity index is 2.90. The number of rotatable bonds is 3. The van der Waals surface area contributed by atoms with E-state index in [2.05, 4.69) is 4.98 Å². The molecule has 0 aliphatic heterocycles. The molecule has 0 bridgehead atoms. The van der Waals surface area contributed by atoms with Crippen molar-refractivity contribution in [2.45, 2.75) is 19.4 Å². The highest BCUT2D eigenvalue weighted by Crippen LogP contribution is 2.17. The summed E-state index contributed by atoms with van der Waals surface area (Å²) in [6, 6.07) is 3.49. The lowest BCUT2D eigenvalue weighted by molar-refractivity contribution is -0.149. The summed E-state index contributed by atoms with van der Waals surface area (Å²) in [5, 5.41) is 0. The van der Waals surface area contributed by atoms with Gasteiger partial charge in [0.15, 0.2) is 0 Å². The number of hydrogen-bond donors (Lipinski definition) is 1. The summed E-state index contributed by atoms with van der Waals surface area (Å²) in [5.74, 6) is -0.437. The monoisotopic (exact) mass is 194 g/mol. The highest BCUT2D eigenvalue weighted by atomic mass is 16.5. The minimum absolute atomic E-state index is 0.325. The lowest BCUT2D eigenvalue weighted by Gasteiger charge is -2.21. The molecule has 0 saturated carbocycles. The van der Waals surface area contributed by atoms with E-state index in [4.69, 9.17) is 10.5 Å². The van der Waals surface area contributed by atoms with Crippen LogP contribution in [0.25, 0.3) is 0 Å². The SMILES string of the molecule is CCOC(=O)[C@@](C)(N)c1cccnc1. The lowest BCUT2D eigenvalue weighted by atomic mass is 9.95. The van der Waals surface area contributed by atoms with E-state index < -0.39 is 11.5 Å². The number of ether oxygens (including phenoxy) is 1. The van der Waals surface area contributed by atoms with Gasteiger partial charge in [0.05, 0.1) is 6.61 Å². The van der Waals surface area contributed by atoms with Gasteiger partial charge in [-0.05, 0) is 19.9 Å². The first kappa shape index (κ1) is 10.7. The molecule has 0 unspecified atom stereocenters. The highest BCUT2D eigenvalue weighted by Gasteiger charge is 2.32. The van der Waals surface area contributed by atoms with E-state index in [1.54, 1.807) is 38.4 Å². The summed E-state index contributed by atoms with van der Waals surface area (Å²) in [4.78, 5) is 15.4. The molecule has 0 aliphatic carbocycles. The van der Waals surface area contributed by atoms with Crippen molar-refractivity contribution in [3.05, 3.63) is 30.1 Å². The number of carbonyl (C=O) groups excluding carboxylic acids is 1. The molecular weight excluding hydrogens is 180 g/mol. The van der Waals surface area contributed by atoms with E-state index in [0.717, 1.165) is 0 Å². The predicted molar refractivity (Wildman–Crippen MR) is 52.4 cm³/mol. The Labute approximate surface area is 83.1 Å². The van der Waals surface area contributed by atoms with Crippen molar-refractivity contribution >= 4 is 5.97 Å². The molecule has 0 aromatic carbocycles. The van der Waals surface area contributed by atoms with Crippen molar-refractivity contribution in [3.63, 3.8) is 0 Å². The van der Waals surface area contributed by atoms with Gasteiger partial charge >= 0.3 is 5.97 Å². The van der Waals surface area contributed by atoms with Gasteiger partial charge in [0.2, 0.25) is 0 Å². The molecule has 1 heterocycles. The van der Waals surface area contributed by atoms with E-state index >= 15 is 0 Å². The molecule has 1 aromatic heterocycles. The first-order valence-corrected chi connectivity index (χ1v) is 4.45. The summed E-state index contributed by atoms with van der Waals surface area (Å²) in [6.07, 6.45) is 3.20. The molecule has 2 N–H and O–H groups in total. The van der Waals surface area contributed by atoms with Crippen molar-refractivity contribution in [2.24, 2.45) is 5.73 Å². The fraction of sp³-hybridized carbons (Fsp3) is 0.400. The summed E-state index contributed by atoms with van der Waals surface area (Å²) in [7, 11) is 0. The van der Waals surface area contributed by atoms with E-state index in [1.807, 2.05) is 0 Å². The third kappa shape index (κ3) is 2.09. The number of nitrogens with two attached hydrogens (primary N) is 1. The number of nitrogens with zero attached hydrogens (tertiary/aromatic N) is 1. The van der Waals surface area contributed by atoms with Crippen LogP contribution in [0.2, 0.25) is 0 Å². The normalized spacial score (nSPS) is 14.5.